The molecule has 0 unspecified atom stereocenters. The van der Waals surface area contributed by atoms with Gasteiger partial charge in [0.1, 0.15) is 0 Å². The molecule has 0 saturated carbocycles. The van der Waals surface area contributed by atoms with Crippen LogP contribution in [0.5, 0.6) is 0 Å². The van der Waals surface area contributed by atoms with Crippen molar-refractivity contribution in [2.75, 3.05) is 38.8 Å². The number of nitrogens with zero attached hydrogens (tertiary/aromatic N) is 1. The van der Waals surface area contributed by atoms with E-state index >= 15 is 0 Å². The van der Waals surface area contributed by atoms with Crippen molar-refractivity contribution in [2.45, 2.75) is 26.3 Å². The monoisotopic (exact) mass is 284 g/mol. The number of benzene rings is 1. The number of rotatable bonds is 9. The smallest absolute Gasteiger partial charge is 0.0587 e. The van der Waals surface area contributed by atoms with Gasteiger partial charge in [-0.1, -0.05) is 24.9 Å². The van der Waals surface area contributed by atoms with E-state index in [2.05, 4.69) is 30.3 Å². The zero-order chi connectivity index (χ0) is 14.1. The van der Waals surface area contributed by atoms with Crippen LogP contribution in [-0.4, -0.2) is 33.9 Å². The third-order valence-electron chi connectivity index (χ3n) is 3.10. The summed E-state index contributed by atoms with van der Waals surface area (Å²) in [7, 11) is 3.85. The Kier molecular flexibility index (Phi) is 7.87. The normalized spacial score (nSPS) is 10.7. The van der Waals surface area contributed by atoms with Crippen LogP contribution >= 0.6 is 11.6 Å². The first-order valence-electron chi connectivity index (χ1n) is 6.88. The summed E-state index contributed by atoms with van der Waals surface area (Å²) in [5.74, 6) is 0. The standard InChI is InChI=1S/C15H25ClN2O/c1-4-5-9-18(2)15-7-6-14(16)11-13(15)12-17-8-10-19-3/h6-7,11,17H,4-5,8-10,12H2,1-3H3. The van der Waals surface area contributed by atoms with Gasteiger partial charge in [0.15, 0.2) is 0 Å². The first kappa shape index (κ1) is 16.3. The molecule has 0 fully saturated rings. The topological polar surface area (TPSA) is 24.5 Å². The number of anilines is 1. The van der Waals surface area contributed by atoms with Gasteiger partial charge in [-0.05, 0) is 30.2 Å². The molecule has 19 heavy (non-hydrogen) atoms. The van der Waals surface area contributed by atoms with Gasteiger partial charge in [-0.25, -0.2) is 0 Å². The van der Waals surface area contributed by atoms with Crippen LogP contribution in [-0.2, 0) is 11.3 Å². The summed E-state index contributed by atoms with van der Waals surface area (Å²) < 4.78 is 5.04. The first-order valence-corrected chi connectivity index (χ1v) is 7.26. The van der Waals surface area contributed by atoms with Gasteiger partial charge in [0.05, 0.1) is 6.61 Å². The van der Waals surface area contributed by atoms with Crippen molar-refractivity contribution in [3.63, 3.8) is 0 Å². The highest BCUT2D eigenvalue weighted by atomic mass is 35.5. The van der Waals surface area contributed by atoms with Crippen molar-refractivity contribution in [2.24, 2.45) is 0 Å². The molecular formula is C15H25ClN2O. The Labute approximate surface area is 121 Å². The molecule has 4 heteroatoms. The quantitative estimate of drug-likeness (QED) is 0.704. The van der Waals surface area contributed by atoms with Crippen molar-refractivity contribution in [3.8, 4) is 0 Å². The third-order valence-corrected chi connectivity index (χ3v) is 3.33. The maximum atomic E-state index is 6.09. The third kappa shape index (κ3) is 5.81. The average Bonchev–Trinajstić information content (AvgIpc) is 2.41. The predicted molar refractivity (Wildman–Crippen MR) is 83.2 cm³/mol. The van der Waals surface area contributed by atoms with E-state index in [1.165, 1.54) is 24.1 Å². The highest BCUT2D eigenvalue weighted by molar-refractivity contribution is 6.30. The second kappa shape index (κ2) is 9.18. The summed E-state index contributed by atoms with van der Waals surface area (Å²) in [6.07, 6.45) is 2.41. The minimum Gasteiger partial charge on any atom is -0.383 e. The Morgan fingerprint density at radius 1 is 1.37 bits per heavy atom. The Morgan fingerprint density at radius 2 is 2.16 bits per heavy atom. The van der Waals surface area contributed by atoms with Gasteiger partial charge in [0, 0.05) is 44.5 Å². The second-order valence-corrected chi connectivity index (χ2v) is 5.15. The maximum Gasteiger partial charge on any atom is 0.0587 e. The molecule has 0 saturated heterocycles. The van der Waals surface area contributed by atoms with E-state index < -0.39 is 0 Å². The number of ether oxygens (including phenoxy) is 1. The molecule has 0 aromatic heterocycles. The van der Waals surface area contributed by atoms with Crippen LogP contribution in [0.25, 0.3) is 0 Å². The SMILES string of the molecule is CCCCN(C)c1ccc(Cl)cc1CNCCOC. The zero-order valence-corrected chi connectivity index (χ0v) is 13.0. The molecule has 108 valence electrons. The maximum absolute atomic E-state index is 6.09. The van der Waals surface area contributed by atoms with Crippen LogP contribution in [0.15, 0.2) is 18.2 Å². The van der Waals surface area contributed by atoms with Gasteiger partial charge in [0.25, 0.3) is 0 Å². The van der Waals surface area contributed by atoms with Crippen LogP contribution in [0.1, 0.15) is 25.3 Å². The van der Waals surface area contributed by atoms with Crippen LogP contribution in [0.3, 0.4) is 0 Å². The number of halogens is 1. The molecular weight excluding hydrogens is 260 g/mol. The minimum absolute atomic E-state index is 0.724. The van der Waals surface area contributed by atoms with Crippen LogP contribution in [0.4, 0.5) is 5.69 Å². The van der Waals surface area contributed by atoms with Gasteiger partial charge in [0.2, 0.25) is 0 Å². The van der Waals surface area contributed by atoms with Crippen LogP contribution < -0.4 is 10.2 Å². The lowest BCUT2D eigenvalue weighted by atomic mass is 10.1. The highest BCUT2D eigenvalue weighted by Gasteiger charge is 2.07. The zero-order valence-electron chi connectivity index (χ0n) is 12.2. The van der Waals surface area contributed by atoms with Crippen molar-refractivity contribution >= 4 is 17.3 Å². The number of unbranched alkanes of at least 4 members (excludes halogenated alkanes) is 1. The Hall–Kier alpha value is -0.770. The van der Waals surface area contributed by atoms with E-state index in [0.29, 0.717) is 0 Å². The molecule has 1 N–H and O–H groups in total. The summed E-state index contributed by atoms with van der Waals surface area (Å²) >= 11 is 6.09. The predicted octanol–water partition coefficient (Wildman–Crippen LogP) is 3.31. The molecule has 0 amide bonds. The lowest BCUT2D eigenvalue weighted by molar-refractivity contribution is 0.199. The highest BCUT2D eigenvalue weighted by Crippen LogP contribution is 2.23. The molecule has 0 aliphatic rings. The van der Waals surface area contributed by atoms with E-state index in [4.69, 9.17) is 16.3 Å². The van der Waals surface area contributed by atoms with Gasteiger partial charge < -0.3 is 15.0 Å². The Balaban J connectivity index is 2.67. The van der Waals surface area contributed by atoms with Gasteiger partial charge in [-0.2, -0.15) is 0 Å². The van der Waals surface area contributed by atoms with Crippen molar-refractivity contribution < 1.29 is 4.74 Å². The fraction of sp³-hybridized carbons (Fsp3) is 0.600. The van der Waals surface area contributed by atoms with E-state index in [1.807, 2.05) is 12.1 Å². The van der Waals surface area contributed by atoms with Crippen molar-refractivity contribution in [1.82, 2.24) is 5.32 Å². The molecule has 0 heterocycles. The molecule has 0 radical (unpaired) electrons. The molecule has 0 bridgehead atoms. The lowest BCUT2D eigenvalue weighted by Gasteiger charge is -2.23. The summed E-state index contributed by atoms with van der Waals surface area (Å²) in [6.45, 7) is 5.67. The fourth-order valence-electron chi connectivity index (χ4n) is 1.98. The largest absolute Gasteiger partial charge is 0.383 e. The second-order valence-electron chi connectivity index (χ2n) is 4.72. The fourth-order valence-corrected chi connectivity index (χ4v) is 2.18. The molecule has 1 aromatic carbocycles. The molecule has 0 spiro atoms. The minimum atomic E-state index is 0.724. The number of nitrogens with one attached hydrogen (secondary N) is 1. The molecule has 3 nitrogen and oxygen atoms in total. The van der Waals surface area contributed by atoms with E-state index in [1.54, 1.807) is 7.11 Å². The van der Waals surface area contributed by atoms with Gasteiger partial charge in [-0.15, -0.1) is 0 Å². The van der Waals surface area contributed by atoms with E-state index in [9.17, 15) is 0 Å². The molecule has 0 atom stereocenters. The summed E-state index contributed by atoms with van der Waals surface area (Å²) in [6, 6.07) is 6.10. The lowest BCUT2D eigenvalue weighted by Crippen LogP contribution is -2.23. The molecule has 0 aliphatic carbocycles. The number of methoxy groups -OCH3 is 1. The van der Waals surface area contributed by atoms with Crippen LogP contribution in [0, 0.1) is 0 Å². The van der Waals surface area contributed by atoms with Gasteiger partial charge in [-0.3, -0.25) is 0 Å². The van der Waals surface area contributed by atoms with Crippen molar-refractivity contribution in [1.29, 1.82) is 0 Å². The number of hydrogen-bond acceptors (Lipinski definition) is 3. The molecule has 1 rings (SSSR count). The molecule has 1 aromatic rings. The average molecular weight is 285 g/mol. The summed E-state index contributed by atoms with van der Waals surface area (Å²) in [4.78, 5) is 2.30. The van der Waals surface area contributed by atoms with E-state index in [-0.39, 0.29) is 0 Å². The van der Waals surface area contributed by atoms with Crippen molar-refractivity contribution in [3.05, 3.63) is 28.8 Å². The van der Waals surface area contributed by atoms with E-state index in [0.717, 1.165) is 31.3 Å². The summed E-state index contributed by atoms with van der Waals surface area (Å²) in [5.41, 5.74) is 2.49. The summed E-state index contributed by atoms with van der Waals surface area (Å²) in [5, 5.41) is 4.16. The van der Waals surface area contributed by atoms with Crippen LogP contribution in [0.2, 0.25) is 5.02 Å². The Bertz CT molecular complexity index is 371. The van der Waals surface area contributed by atoms with Gasteiger partial charge >= 0.3 is 0 Å². The Morgan fingerprint density at radius 3 is 2.84 bits per heavy atom. The first-order chi connectivity index (χ1) is 9.19. The number of hydrogen-bond donors (Lipinski definition) is 1. The molecule has 0 aliphatic heterocycles.